The van der Waals surface area contributed by atoms with Crippen LogP contribution in [0.1, 0.15) is 53.4 Å². The summed E-state index contributed by atoms with van der Waals surface area (Å²) < 4.78 is 0. The van der Waals surface area contributed by atoms with E-state index in [0.29, 0.717) is 6.54 Å². The molecule has 0 spiro atoms. The Morgan fingerprint density at radius 2 is 2.00 bits per heavy atom. The third-order valence-electron chi connectivity index (χ3n) is 3.32. The van der Waals surface area contributed by atoms with E-state index in [1.54, 1.807) is 0 Å². The molecule has 0 unspecified atom stereocenters. The van der Waals surface area contributed by atoms with Gasteiger partial charge in [-0.15, -0.1) is 0 Å². The van der Waals surface area contributed by atoms with Gasteiger partial charge in [-0.25, -0.2) is 0 Å². The number of amides is 1. The van der Waals surface area contributed by atoms with E-state index in [9.17, 15) is 4.79 Å². The maximum Gasteiger partial charge on any atom is 0.240 e. The highest BCUT2D eigenvalue weighted by Crippen LogP contribution is 2.33. The van der Waals surface area contributed by atoms with Crippen LogP contribution in [0.5, 0.6) is 0 Å². The SMILES string of the molecule is CCNC(=NCCCC1CC1)N(C)CC(=O)NC(C)(C)C. The van der Waals surface area contributed by atoms with Crippen molar-refractivity contribution in [1.82, 2.24) is 15.5 Å². The molecular weight excluding hydrogens is 264 g/mol. The predicted molar refractivity (Wildman–Crippen MR) is 88.5 cm³/mol. The van der Waals surface area contributed by atoms with E-state index in [1.165, 1.54) is 19.3 Å². The van der Waals surface area contributed by atoms with Crippen LogP contribution in [-0.2, 0) is 4.79 Å². The first-order valence-electron chi connectivity index (χ1n) is 8.12. The van der Waals surface area contributed by atoms with Crippen LogP contribution in [0.3, 0.4) is 0 Å². The molecular formula is C16H32N4O. The molecule has 0 atom stereocenters. The summed E-state index contributed by atoms with van der Waals surface area (Å²) in [6, 6.07) is 0. The number of hydrogen-bond donors (Lipinski definition) is 2. The minimum Gasteiger partial charge on any atom is -0.357 e. The monoisotopic (exact) mass is 296 g/mol. The van der Waals surface area contributed by atoms with Crippen molar-refractivity contribution in [2.75, 3.05) is 26.7 Å². The molecule has 1 rings (SSSR count). The van der Waals surface area contributed by atoms with Gasteiger partial charge in [0.2, 0.25) is 5.91 Å². The number of carbonyl (C=O) groups is 1. The van der Waals surface area contributed by atoms with Gasteiger partial charge in [0.15, 0.2) is 5.96 Å². The Balaban J connectivity index is 2.40. The van der Waals surface area contributed by atoms with Crippen LogP contribution in [0.4, 0.5) is 0 Å². The maximum absolute atomic E-state index is 12.0. The highest BCUT2D eigenvalue weighted by Gasteiger charge is 2.20. The van der Waals surface area contributed by atoms with Gasteiger partial charge in [0, 0.05) is 25.7 Å². The number of guanidine groups is 1. The average Bonchev–Trinajstić information content (AvgIpc) is 3.14. The van der Waals surface area contributed by atoms with Crippen molar-refractivity contribution in [3.05, 3.63) is 0 Å². The fourth-order valence-electron chi connectivity index (χ4n) is 2.19. The number of rotatable bonds is 7. The minimum atomic E-state index is -0.197. The standard InChI is InChI=1S/C16H32N4O/c1-6-17-15(18-11-7-8-13-9-10-13)20(5)12-14(21)19-16(2,3)4/h13H,6-12H2,1-5H3,(H,17,18)(H,19,21). The van der Waals surface area contributed by atoms with Gasteiger partial charge in [-0.2, -0.15) is 0 Å². The number of nitrogens with one attached hydrogen (secondary N) is 2. The van der Waals surface area contributed by atoms with Crippen LogP contribution in [0.25, 0.3) is 0 Å². The number of likely N-dealkylation sites (N-methyl/N-ethyl adjacent to an activating group) is 1. The first-order chi connectivity index (χ1) is 9.81. The van der Waals surface area contributed by atoms with Crippen molar-refractivity contribution in [2.45, 2.75) is 58.9 Å². The third-order valence-corrected chi connectivity index (χ3v) is 3.32. The van der Waals surface area contributed by atoms with Crippen molar-refractivity contribution >= 4 is 11.9 Å². The summed E-state index contributed by atoms with van der Waals surface area (Å²) in [5.74, 6) is 1.80. The zero-order valence-corrected chi connectivity index (χ0v) is 14.3. The van der Waals surface area contributed by atoms with Crippen molar-refractivity contribution in [2.24, 2.45) is 10.9 Å². The molecule has 0 aromatic carbocycles. The molecule has 2 N–H and O–H groups in total. The van der Waals surface area contributed by atoms with E-state index < -0.39 is 0 Å². The van der Waals surface area contributed by atoms with E-state index in [4.69, 9.17) is 0 Å². The Bertz CT molecular complexity index is 356. The molecule has 0 bridgehead atoms. The number of hydrogen-bond acceptors (Lipinski definition) is 2. The first-order valence-corrected chi connectivity index (χ1v) is 8.12. The summed E-state index contributed by atoms with van der Waals surface area (Å²) in [7, 11) is 1.91. The summed E-state index contributed by atoms with van der Waals surface area (Å²) in [4.78, 5) is 18.5. The molecule has 122 valence electrons. The summed E-state index contributed by atoms with van der Waals surface area (Å²) in [6.07, 6.45) is 5.23. The van der Waals surface area contributed by atoms with Crippen molar-refractivity contribution in [3.8, 4) is 0 Å². The zero-order valence-electron chi connectivity index (χ0n) is 14.3. The van der Waals surface area contributed by atoms with E-state index in [-0.39, 0.29) is 11.4 Å². The fraction of sp³-hybridized carbons (Fsp3) is 0.875. The zero-order chi connectivity index (χ0) is 15.9. The van der Waals surface area contributed by atoms with Crippen LogP contribution in [0.15, 0.2) is 4.99 Å². The molecule has 1 aliphatic carbocycles. The normalized spacial score (nSPS) is 15.8. The van der Waals surface area contributed by atoms with E-state index >= 15 is 0 Å². The number of nitrogens with zero attached hydrogens (tertiary/aromatic N) is 2. The molecule has 0 heterocycles. The molecule has 5 heteroatoms. The molecule has 0 radical (unpaired) electrons. The first kappa shape index (κ1) is 17.8. The molecule has 0 aliphatic heterocycles. The molecule has 21 heavy (non-hydrogen) atoms. The second-order valence-corrected chi connectivity index (χ2v) is 6.98. The lowest BCUT2D eigenvalue weighted by atomic mass is 10.1. The third kappa shape index (κ3) is 8.58. The van der Waals surface area contributed by atoms with E-state index in [2.05, 4.69) is 15.6 Å². The van der Waals surface area contributed by atoms with Crippen LogP contribution in [0.2, 0.25) is 0 Å². The van der Waals surface area contributed by atoms with Crippen LogP contribution in [-0.4, -0.2) is 49.0 Å². The lowest BCUT2D eigenvalue weighted by Crippen LogP contribution is -2.48. The summed E-state index contributed by atoms with van der Waals surface area (Å²) in [6.45, 7) is 9.98. The molecule has 1 saturated carbocycles. The van der Waals surface area contributed by atoms with E-state index in [1.807, 2.05) is 39.6 Å². The fourth-order valence-corrected chi connectivity index (χ4v) is 2.19. The molecule has 5 nitrogen and oxygen atoms in total. The van der Waals surface area contributed by atoms with Crippen LogP contribution >= 0.6 is 0 Å². The van der Waals surface area contributed by atoms with Gasteiger partial charge in [-0.05, 0) is 46.5 Å². The summed E-state index contributed by atoms with van der Waals surface area (Å²) in [5.41, 5.74) is -0.197. The summed E-state index contributed by atoms with van der Waals surface area (Å²) in [5, 5.41) is 6.22. The van der Waals surface area contributed by atoms with Gasteiger partial charge in [0.05, 0.1) is 6.54 Å². The van der Waals surface area contributed by atoms with Gasteiger partial charge in [0.25, 0.3) is 0 Å². The largest absolute Gasteiger partial charge is 0.357 e. The van der Waals surface area contributed by atoms with Gasteiger partial charge in [-0.1, -0.05) is 12.8 Å². The van der Waals surface area contributed by atoms with Gasteiger partial charge in [-0.3, -0.25) is 9.79 Å². The predicted octanol–water partition coefficient (Wildman–Crippen LogP) is 1.99. The van der Waals surface area contributed by atoms with Crippen molar-refractivity contribution < 1.29 is 4.79 Å². The Kier molecular flexibility index (Phi) is 6.99. The van der Waals surface area contributed by atoms with E-state index in [0.717, 1.165) is 31.4 Å². The Hall–Kier alpha value is -1.26. The van der Waals surface area contributed by atoms with Crippen LogP contribution < -0.4 is 10.6 Å². The number of aliphatic imine (C=N–C) groups is 1. The Labute approximate surface area is 129 Å². The second-order valence-electron chi connectivity index (χ2n) is 6.98. The van der Waals surface area contributed by atoms with Gasteiger partial charge < -0.3 is 15.5 Å². The van der Waals surface area contributed by atoms with Gasteiger partial charge in [0.1, 0.15) is 0 Å². The quantitative estimate of drug-likeness (QED) is 0.429. The highest BCUT2D eigenvalue weighted by atomic mass is 16.2. The Morgan fingerprint density at radius 3 is 2.52 bits per heavy atom. The molecule has 1 aliphatic rings. The molecule has 0 aromatic rings. The number of carbonyl (C=O) groups excluding carboxylic acids is 1. The molecule has 1 fully saturated rings. The van der Waals surface area contributed by atoms with Crippen molar-refractivity contribution in [1.29, 1.82) is 0 Å². The molecule has 0 aromatic heterocycles. The summed E-state index contributed by atoms with van der Waals surface area (Å²) >= 11 is 0. The molecule has 0 saturated heterocycles. The Morgan fingerprint density at radius 1 is 1.33 bits per heavy atom. The molecule has 1 amide bonds. The smallest absolute Gasteiger partial charge is 0.240 e. The lowest BCUT2D eigenvalue weighted by Gasteiger charge is -2.25. The lowest BCUT2D eigenvalue weighted by molar-refractivity contribution is -0.122. The average molecular weight is 296 g/mol. The maximum atomic E-state index is 12.0. The minimum absolute atomic E-state index is 0.0218. The topological polar surface area (TPSA) is 56.7 Å². The van der Waals surface area contributed by atoms with Crippen LogP contribution in [0, 0.1) is 5.92 Å². The van der Waals surface area contributed by atoms with Crippen molar-refractivity contribution in [3.63, 3.8) is 0 Å². The van der Waals surface area contributed by atoms with Gasteiger partial charge >= 0.3 is 0 Å². The second kappa shape index (κ2) is 8.25. The highest BCUT2D eigenvalue weighted by molar-refractivity contribution is 5.86.